The first-order valence-corrected chi connectivity index (χ1v) is 5.05. The van der Waals surface area contributed by atoms with Gasteiger partial charge in [0.15, 0.2) is 0 Å². The Morgan fingerprint density at radius 1 is 1.53 bits per heavy atom. The third-order valence-electron chi connectivity index (χ3n) is 2.38. The monoisotopic (exact) mass is 222 g/mol. The second-order valence-electron chi connectivity index (χ2n) is 3.73. The summed E-state index contributed by atoms with van der Waals surface area (Å²) in [5, 5.41) is 13.4. The fourth-order valence-electron chi connectivity index (χ4n) is 1.47. The molecule has 0 aromatic heterocycles. The lowest BCUT2D eigenvalue weighted by molar-refractivity contribution is -0.126. The number of hydrogen-bond donors (Lipinski definition) is 3. The van der Waals surface area contributed by atoms with Gasteiger partial charge in [-0.2, -0.15) is 0 Å². The van der Waals surface area contributed by atoms with Gasteiger partial charge in [0.1, 0.15) is 6.61 Å². The first-order valence-electron chi connectivity index (χ1n) is 5.05. The number of aliphatic hydroxyl groups is 1. The molecule has 1 aliphatic rings. The Kier molecular flexibility index (Phi) is 4.41. The standard InChI is InChI=1S/C9H16F2N2O2/c10-9(11,6-14)5-13-8(15)7-3-1-2-4-12-7/h7,12,14H,1-6H2,(H,13,15)/t7-/m0/s1. The molecule has 0 bridgehead atoms. The maximum atomic E-state index is 12.6. The zero-order valence-corrected chi connectivity index (χ0v) is 8.43. The van der Waals surface area contributed by atoms with Gasteiger partial charge < -0.3 is 15.7 Å². The van der Waals surface area contributed by atoms with Gasteiger partial charge in [-0.25, -0.2) is 8.78 Å². The van der Waals surface area contributed by atoms with Gasteiger partial charge in [-0.15, -0.1) is 0 Å². The minimum Gasteiger partial charge on any atom is -0.390 e. The summed E-state index contributed by atoms with van der Waals surface area (Å²) in [7, 11) is 0. The number of halogens is 2. The van der Waals surface area contributed by atoms with Crippen LogP contribution in [0.3, 0.4) is 0 Å². The minimum atomic E-state index is -3.23. The summed E-state index contributed by atoms with van der Waals surface area (Å²) in [6.45, 7) is -1.31. The van der Waals surface area contributed by atoms with E-state index >= 15 is 0 Å². The van der Waals surface area contributed by atoms with Gasteiger partial charge in [0.2, 0.25) is 5.91 Å². The van der Waals surface area contributed by atoms with Crippen molar-refractivity contribution in [2.24, 2.45) is 0 Å². The van der Waals surface area contributed by atoms with Crippen LogP contribution in [0.2, 0.25) is 0 Å². The van der Waals surface area contributed by atoms with Crippen molar-refractivity contribution in [1.82, 2.24) is 10.6 Å². The van der Waals surface area contributed by atoms with E-state index in [4.69, 9.17) is 5.11 Å². The third-order valence-corrected chi connectivity index (χ3v) is 2.38. The van der Waals surface area contributed by atoms with Gasteiger partial charge >= 0.3 is 0 Å². The van der Waals surface area contributed by atoms with Crippen molar-refractivity contribution in [1.29, 1.82) is 0 Å². The zero-order valence-electron chi connectivity index (χ0n) is 8.43. The predicted molar refractivity (Wildman–Crippen MR) is 50.7 cm³/mol. The number of rotatable bonds is 4. The van der Waals surface area contributed by atoms with Crippen molar-refractivity contribution in [2.75, 3.05) is 19.7 Å². The molecule has 1 amide bonds. The fourth-order valence-corrected chi connectivity index (χ4v) is 1.47. The van der Waals surface area contributed by atoms with E-state index in [1.807, 2.05) is 0 Å². The van der Waals surface area contributed by atoms with E-state index in [2.05, 4.69) is 10.6 Å². The van der Waals surface area contributed by atoms with Crippen molar-refractivity contribution in [3.63, 3.8) is 0 Å². The Balaban J connectivity index is 2.28. The predicted octanol–water partition coefficient (Wildman–Crippen LogP) is -0.128. The molecule has 0 aliphatic carbocycles. The molecule has 0 aromatic rings. The normalized spacial score (nSPS) is 22.5. The first kappa shape index (κ1) is 12.3. The van der Waals surface area contributed by atoms with Gasteiger partial charge in [0.25, 0.3) is 5.92 Å². The number of piperidine rings is 1. The van der Waals surface area contributed by atoms with Gasteiger partial charge in [-0.05, 0) is 19.4 Å². The van der Waals surface area contributed by atoms with E-state index < -0.39 is 25.0 Å². The Bertz CT molecular complexity index is 218. The lowest BCUT2D eigenvalue weighted by atomic mass is 10.0. The van der Waals surface area contributed by atoms with E-state index in [0.29, 0.717) is 6.42 Å². The quantitative estimate of drug-likeness (QED) is 0.621. The molecule has 1 rings (SSSR count). The van der Waals surface area contributed by atoms with E-state index in [9.17, 15) is 13.6 Å². The van der Waals surface area contributed by atoms with Crippen LogP contribution in [0.5, 0.6) is 0 Å². The lowest BCUT2D eigenvalue weighted by Crippen LogP contribution is -2.49. The number of carbonyl (C=O) groups excluding carboxylic acids is 1. The maximum Gasteiger partial charge on any atom is 0.287 e. The number of nitrogens with one attached hydrogen (secondary N) is 2. The molecule has 1 aliphatic heterocycles. The fraction of sp³-hybridized carbons (Fsp3) is 0.889. The van der Waals surface area contributed by atoms with Gasteiger partial charge in [-0.3, -0.25) is 4.79 Å². The molecule has 0 aromatic carbocycles. The SMILES string of the molecule is O=C(NCC(F)(F)CO)[C@@H]1CCCCN1. The summed E-state index contributed by atoms with van der Waals surface area (Å²) in [6.07, 6.45) is 2.62. The van der Waals surface area contributed by atoms with Gasteiger partial charge in [0, 0.05) is 0 Å². The highest BCUT2D eigenvalue weighted by atomic mass is 19.3. The maximum absolute atomic E-state index is 12.6. The minimum absolute atomic E-state index is 0.367. The Labute approximate surface area is 87.0 Å². The van der Waals surface area contributed by atoms with Crippen LogP contribution in [-0.4, -0.2) is 42.7 Å². The average Bonchev–Trinajstić information content (AvgIpc) is 2.27. The molecule has 4 nitrogen and oxygen atoms in total. The van der Waals surface area contributed by atoms with E-state index in [1.165, 1.54) is 0 Å². The topological polar surface area (TPSA) is 61.4 Å². The van der Waals surface area contributed by atoms with Crippen molar-refractivity contribution in [3.8, 4) is 0 Å². The van der Waals surface area contributed by atoms with Crippen LogP contribution in [0.4, 0.5) is 8.78 Å². The van der Waals surface area contributed by atoms with E-state index in [1.54, 1.807) is 0 Å². The number of amides is 1. The van der Waals surface area contributed by atoms with Crippen LogP contribution in [0.25, 0.3) is 0 Å². The van der Waals surface area contributed by atoms with E-state index in [-0.39, 0.29) is 6.04 Å². The van der Waals surface area contributed by atoms with Crippen molar-refractivity contribution < 1.29 is 18.7 Å². The Morgan fingerprint density at radius 3 is 2.80 bits per heavy atom. The number of alkyl halides is 2. The molecule has 0 spiro atoms. The Hall–Kier alpha value is -0.750. The van der Waals surface area contributed by atoms with Gasteiger partial charge in [-0.1, -0.05) is 6.42 Å². The summed E-state index contributed by atoms with van der Waals surface area (Å²) in [4.78, 5) is 11.4. The lowest BCUT2D eigenvalue weighted by Gasteiger charge is -2.23. The van der Waals surface area contributed by atoms with Crippen LogP contribution >= 0.6 is 0 Å². The summed E-state index contributed by atoms with van der Waals surface area (Å²) in [5.74, 6) is -3.65. The average molecular weight is 222 g/mol. The van der Waals surface area contributed by atoms with Crippen LogP contribution in [-0.2, 0) is 4.79 Å². The van der Waals surface area contributed by atoms with Gasteiger partial charge in [0.05, 0.1) is 12.6 Å². The van der Waals surface area contributed by atoms with Crippen molar-refractivity contribution >= 4 is 5.91 Å². The molecule has 0 saturated carbocycles. The number of aliphatic hydroxyl groups excluding tert-OH is 1. The molecule has 0 unspecified atom stereocenters. The smallest absolute Gasteiger partial charge is 0.287 e. The molecule has 1 saturated heterocycles. The first-order chi connectivity index (χ1) is 7.05. The molecular formula is C9H16F2N2O2. The number of hydrogen-bond acceptors (Lipinski definition) is 3. The molecular weight excluding hydrogens is 206 g/mol. The molecule has 0 radical (unpaired) electrons. The zero-order chi connectivity index (χ0) is 11.3. The molecule has 15 heavy (non-hydrogen) atoms. The van der Waals surface area contributed by atoms with Crippen LogP contribution in [0.15, 0.2) is 0 Å². The highest BCUT2D eigenvalue weighted by Gasteiger charge is 2.30. The highest BCUT2D eigenvalue weighted by Crippen LogP contribution is 2.11. The second kappa shape index (κ2) is 5.37. The summed E-state index contributed by atoms with van der Waals surface area (Å²) >= 11 is 0. The second-order valence-corrected chi connectivity index (χ2v) is 3.73. The molecule has 1 atom stereocenters. The molecule has 88 valence electrons. The largest absolute Gasteiger partial charge is 0.390 e. The summed E-state index contributed by atoms with van der Waals surface area (Å²) in [6, 6.07) is -0.367. The molecule has 6 heteroatoms. The number of carbonyl (C=O) groups is 1. The molecule has 1 fully saturated rings. The third kappa shape index (κ3) is 4.09. The van der Waals surface area contributed by atoms with Crippen molar-refractivity contribution in [2.45, 2.75) is 31.2 Å². The molecule has 1 heterocycles. The Morgan fingerprint density at radius 2 is 2.27 bits per heavy atom. The summed E-state index contributed by atoms with van der Waals surface area (Å²) in [5.41, 5.74) is 0. The van der Waals surface area contributed by atoms with Crippen LogP contribution < -0.4 is 10.6 Å². The van der Waals surface area contributed by atoms with Crippen molar-refractivity contribution in [3.05, 3.63) is 0 Å². The summed E-state index contributed by atoms with van der Waals surface area (Å²) < 4.78 is 25.2. The molecule has 3 N–H and O–H groups in total. The highest BCUT2D eigenvalue weighted by molar-refractivity contribution is 5.81. The van der Waals surface area contributed by atoms with Crippen LogP contribution in [0, 0.1) is 0 Å². The van der Waals surface area contributed by atoms with Crippen LogP contribution in [0.1, 0.15) is 19.3 Å². The van der Waals surface area contributed by atoms with E-state index in [0.717, 1.165) is 19.4 Å².